The van der Waals surface area contributed by atoms with E-state index in [1.54, 1.807) is 24.3 Å². The summed E-state index contributed by atoms with van der Waals surface area (Å²) in [6.45, 7) is 3.72. The van der Waals surface area contributed by atoms with Crippen LogP contribution in [0.1, 0.15) is 45.1 Å². The lowest BCUT2D eigenvalue weighted by Gasteiger charge is -2.11. The second kappa shape index (κ2) is 8.49. The van der Waals surface area contributed by atoms with Crippen molar-refractivity contribution in [3.8, 4) is 0 Å². The molecule has 0 amide bonds. The predicted molar refractivity (Wildman–Crippen MR) is 96.2 cm³/mol. The molecule has 0 saturated carbocycles. The van der Waals surface area contributed by atoms with Gasteiger partial charge < -0.3 is 5.73 Å². The third kappa shape index (κ3) is 5.66. The zero-order valence-corrected chi connectivity index (χ0v) is 15.3. The van der Waals surface area contributed by atoms with Crippen molar-refractivity contribution in [3.05, 3.63) is 34.1 Å². The number of hydrogen-bond donors (Lipinski definition) is 1. The molecule has 0 aliphatic rings. The number of hydrogen-bond acceptors (Lipinski definition) is 5. The molecule has 1 aromatic carbocycles. The molecule has 1 rings (SSSR count). The second-order valence-corrected chi connectivity index (χ2v) is 9.85. The summed E-state index contributed by atoms with van der Waals surface area (Å²) < 4.78 is 49.6. The van der Waals surface area contributed by atoms with Gasteiger partial charge in [0.25, 0.3) is 0 Å². The average molecular weight is 360 g/mol. The van der Waals surface area contributed by atoms with E-state index in [1.807, 2.05) is 13.8 Å². The van der Waals surface area contributed by atoms with Crippen molar-refractivity contribution in [1.82, 2.24) is 0 Å². The largest absolute Gasteiger partial charge is 0.398 e. The van der Waals surface area contributed by atoms with E-state index in [0.717, 1.165) is 0 Å². The zero-order chi connectivity index (χ0) is 17.5. The number of nitrogens with two attached hydrogens (primary N) is 1. The minimum absolute atomic E-state index is 0.173. The van der Waals surface area contributed by atoms with E-state index >= 15 is 0 Å². The molecule has 2 N–H and O–H groups in total. The first-order chi connectivity index (χ1) is 10.7. The Hall–Kier alpha value is -1.34. The number of anilines is 1. The molecule has 0 atom stereocenters. The van der Waals surface area contributed by atoms with Gasteiger partial charge in [-0.1, -0.05) is 44.9 Å². The van der Waals surface area contributed by atoms with Gasteiger partial charge >= 0.3 is 0 Å². The quantitative estimate of drug-likeness (QED) is 0.684. The molecule has 1 aromatic rings. The van der Waals surface area contributed by atoms with Gasteiger partial charge in [0.05, 0.1) is 11.5 Å². The summed E-state index contributed by atoms with van der Waals surface area (Å²) in [4.78, 5) is 0. The number of para-hydroxylation sites is 1. The van der Waals surface area contributed by atoms with Gasteiger partial charge in [-0.2, -0.15) is 0 Å². The number of unbranched alkanes of at least 4 members (excludes halogenated alkanes) is 2. The molecule has 5 nitrogen and oxygen atoms in total. The number of sulfone groups is 2. The summed E-state index contributed by atoms with van der Waals surface area (Å²) in [6.07, 6.45) is 3.40. The first-order valence-electron chi connectivity index (χ1n) is 7.76. The summed E-state index contributed by atoms with van der Waals surface area (Å²) in [7, 11) is -7.74. The molecule has 0 radical (unpaired) electrons. The Morgan fingerprint density at radius 2 is 1.43 bits per heavy atom. The first kappa shape index (κ1) is 19.7. The fourth-order valence-electron chi connectivity index (χ4n) is 2.01. The van der Waals surface area contributed by atoms with Crippen molar-refractivity contribution in [3.63, 3.8) is 0 Å². The summed E-state index contributed by atoms with van der Waals surface area (Å²) in [6, 6.07) is 6.63. The maximum atomic E-state index is 12.5. The van der Waals surface area contributed by atoms with Crippen LogP contribution in [-0.2, 0) is 19.7 Å². The molecule has 0 fully saturated rings. The number of benzene rings is 1. The molecule has 23 heavy (non-hydrogen) atoms. The van der Waals surface area contributed by atoms with Crippen LogP contribution in [0.25, 0.3) is 6.08 Å². The van der Waals surface area contributed by atoms with Gasteiger partial charge in [-0.3, -0.25) is 0 Å². The summed E-state index contributed by atoms with van der Waals surface area (Å²) in [5.41, 5.74) is 6.58. The molecule has 0 spiro atoms. The lowest BCUT2D eigenvalue weighted by atomic mass is 10.2. The maximum Gasteiger partial charge on any atom is 0.189 e. The SMILES string of the molecule is CCCCS(=O)(=O)C(=Cc1ccccc1N)S(=O)(=O)CCCC. The lowest BCUT2D eigenvalue weighted by Crippen LogP contribution is -2.19. The Kier molecular flexibility index (Phi) is 7.28. The van der Waals surface area contributed by atoms with E-state index in [9.17, 15) is 16.8 Å². The lowest BCUT2D eigenvalue weighted by molar-refractivity contribution is 0.592. The van der Waals surface area contributed by atoms with Gasteiger partial charge in [0.2, 0.25) is 0 Å². The standard InChI is InChI=1S/C16H25NO4S2/c1-3-5-11-22(18,19)16(23(20,21)12-6-4-2)13-14-9-7-8-10-15(14)17/h7-10,13H,3-6,11-12,17H2,1-2H3. The predicted octanol–water partition coefficient (Wildman–Crippen LogP) is 3.00. The van der Waals surface area contributed by atoms with Crippen LogP contribution in [-0.4, -0.2) is 28.3 Å². The normalized spacial score (nSPS) is 12.1. The smallest absolute Gasteiger partial charge is 0.189 e. The van der Waals surface area contributed by atoms with Crippen LogP contribution in [0.15, 0.2) is 28.5 Å². The van der Waals surface area contributed by atoms with Gasteiger partial charge in [0.1, 0.15) is 0 Å². The molecule has 7 heteroatoms. The Morgan fingerprint density at radius 3 is 1.87 bits per heavy atom. The zero-order valence-electron chi connectivity index (χ0n) is 13.7. The van der Waals surface area contributed by atoms with Crippen LogP contribution in [0.3, 0.4) is 0 Å². The van der Waals surface area contributed by atoms with E-state index in [2.05, 4.69) is 0 Å². The average Bonchev–Trinajstić information content (AvgIpc) is 2.50. The number of rotatable bonds is 9. The highest BCUT2D eigenvalue weighted by atomic mass is 32.3. The van der Waals surface area contributed by atoms with Crippen LogP contribution < -0.4 is 5.73 Å². The van der Waals surface area contributed by atoms with Crippen molar-refractivity contribution in [2.24, 2.45) is 0 Å². The highest BCUT2D eigenvalue weighted by molar-refractivity contribution is 8.14. The molecule has 0 saturated heterocycles. The second-order valence-electron chi connectivity index (χ2n) is 5.44. The van der Waals surface area contributed by atoms with E-state index in [0.29, 0.717) is 36.9 Å². The topological polar surface area (TPSA) is 94.3 Å². The summed E-state index contributed by atoms with van der Waals surface area (Å²) in [5, 5.41) is 0. The van der Waals surface area contributed by atoms with E-state index in [1.165, 1.54) is 6.08 Å². The van der Waals surface area contributed by atoms with E-state index < -0.39 is 23.9 Å². The van der Waals surface area contributed by atoms with Crippen LogP contribution in [0.5, 0.6) is 0 Å². The van der Waals surface area contributed by atoms with E-state index in [4.69, 9.17) is 5.73 Å². The van der Waals surface area contributed by atoms with Gasteiger partial charge in [0, 0.05) is 5.69 Å². The Bertz CT molecular complexity index is 710. The maximum absolute atomic E-state index is 12.5. The van der Waals surface area contributed by atoms with Crippen molar-refractivity contribution in [1.29, 1.82) is 0 Å². The Balaban J connectivity index is 3.41. The Morgan fingerprint density at radius 1 is 0.957 bits per heavy atom. The molecule has 0 bridgehead atoms. The van der Waals surface area contributed by atoms with Crippen molar-refractivity contribution in [2.75, 3.05) is 17.2 Å². The van der Waals surface area contributed by atoms with Gasteiger partial charge in [0.15, 0.2) is 23.9 Å². The third-order valence-electron chi connectivity index (χ3n) is 3.42. The molecule has 0 aromatic heterocycles. The van der Waals surface area contributed by atoms with Gasteiger partial charge in [-0.25, -0.2) is 16.8 Å². The molecule has 0 heterocycles. The first-order valence-corrected chi connectivity index (χ1v) is 11.1. The summed E-state index contributed by atoms with van der Waals surface area (Å²) in [5.74, 6) is -0.346. The van der Waals surface area contributed by atoms with Gasteiger partial charge in [-0.05, 0) is 30.5 Å². The Labute approximate surface area is 139 Å². The van der Waals surface area contributed by atoms with Crippen LogP contribution >= 0.6 is 0 Å². The fraction of sp³-hybridized carbons (Fsp3) is 0.500. The van der Waals surface area contributed by atoms with Crippen LogP contribution in [0.2, 0.25) is 0 Å². The van der Waals surface area contributed by atoms with Crippen molar-refractivity contribution < 1.29 is 16.8 Å². The van der Waals surface area contributed by atoms with E-state index in [-0.39, 0.29) is 11.5 Å². The van der Waals surface area contributed by atoms with Gasteiger partial charge in [-0.15, -0.1) is 0 Å². The number of nitrogen functional groups attached to an aromatic ring is 1. The molecule has 0 aliphatic heterocycles. The minimum atomic E-state index is -3.87. The molecular weight excluding hydrogens is 334 g/mol. The molecular formula is C16H25NO4S2. The molecule has 0 unspecified atom stereocenters. The van der Waals surface area contributed by atoms with Crippen LogP contribution in [0, 0.1) is 0 Å². The van der Waals surface area contributed by atoms with Crippen LogP contribution in [0.4, 0.5) is 5.69 Å². The molecule has 0 aliphatic carbocycles. The minimum Gasteiger partial charge on any atom is -0.398 e. The van der Waals surface area contributed by atoms with Crippen molar-refractivity contribution in [2.45, 2.75) is 39.5 Å². The monoisotopic (exact) mass is 359 g/mol. The highest BCUT2D eigenvalue weighted by Gasteiger charge is 2.29. The third-order valence-corrected chi connectivity index (χ3v) is 8.05. The summed E-state index contributed by atoms with van der Waals surface area (Å²) >= 11 is 0. The highest BCUT2D eigenvalue weighted by Crippen LogP contribution is 2.24. The fourth-order valence-corrected chi connectivity index (χ4v) is 6.41. The molecule has 130 valence electrons. The van der Waals surface area contributed by atoms with Crippen molar-refractivity contribution >= 4 is 31.4 Å².